The number of benzene rings is 9. The predicted octanol–water partition coefficient (Wildman–Crippen LogP) is 15.6. The van der Waals surface area contributed by atoms with E-state index < -0.39 is 0 Å². The Morgan fingerprint density at radius 2 is 1.00 bits per heavy atom. The molecular weight excluding hydrogens is 687 g/mol. The molecule has 9 aromatic carbocycles. The number of hydrogen-bond acceptors (Lipinski definition) is 3. The number of thiophene rings is 1. The topological polar surface area (TPSA) is 16.4 Å². The summed E-state index contributed by atoms with van der Waals surface area (Å²) in [4.78, 5) is 2.36. The van der Waals surface area contributed by atoms with E-state index in [0.29, 0.717) is 0 Å². The van der Waals surface area contributed by atoms with Crippen LogP contribution in [0.3, 0.4) is 0 Å². The van der Waals surface area contributed by atoms with Crippen LogP contribution in [-0.2, 0) is 0 Å². The van der Waals surface area contributed by atoms with Crippen molar-refractivity contribution < 1.29 is 4.42 Å². The second-order valence-corrected chi connectivity index (χ2v) is 15.1. The maximum atomic E-state index is 6.48. The number of furan rings is 1. The highest BCUT2D eigenvalue weighted by atomic mass is 32.1. The van der Waals surface area contributed by atoms with Crippen molar-refractivity contribution in [2.24, 2.45) is 0 Å². The zero-order chi connectivity index (χ0) is 36.3. The fourth-order valence-electron chi connectivity index (χ4n) is 8.25. The molecule has 0 atom stereocenters. The van der Waals surface area contributed by atoms with Crippen molar-refractivity contribution in [3.63, 3.8) is 0 Å². The van der Waals surface area contributed by atoms with E-state index in [-0.39, 0.29) is 0 Å². The molecule has 0 aliphatic rings. The highest BCUT2D eigenvalue weighted by Gasteiger charge is 2.18. The SMILES string of the molecule is c1ccc(-c2ccc(N(c3ccc(-c4cc5ccccc5c5c4sc4ccccc45)cc3)c3cccc(-c4cccc5c4oc4ccccc45)c3)cc2)cc1. The van der Waals surface area contributed by atoms with Gasteiger partial charge in [-0.2, -0.15) is 0 Å². The highest BCUT2D eigenvalue weighted by Crippen LogP contribution is 2.45. The van der Waals surface area contributed by atoms with Gasteiger partial charge in [0, 0.05) is 59.1 Å². The lowest BCUT2D eigenvalue weighted by atomic mass is 9.96. The lowest BCUT2D eigenvalue weighted by molar-refractivity contribution is 0.670. The first-order chi connectivity index (χ1) is 27.3. The molecule has 0 radical (unpaired) electrons. The summed E-state index contributed by atoms with van der Waals surface area (Å²) in [6.07, 6.45) is 0. The van der Waals surface area contributed by atoms with E-state index in [1.807, 2.05) is 23.5 Å². The number of hydrogen-bond donors (Lipinski definition) is 0. The minimum atomic E-state index is 0.903. The van der Waals surface area contributed by atoms with Gasteiger partial charge < -0.3 is 9.32 Å². The molecule has 0 amide bonds. The van der Waals surface area contributed by atoms with Crippen molar-refractivity contribution in [3.05, 3.63) is 200 Å². The van der Waals surface area contributed by atoms with Crippen molar-refractivity contribution in [2.75, 3.05) is 4.90 Å². The largest absolute Gasteiger partial charge is 0.455 e. The first-order valence-corrected chi connectivity index (χ1v) is 19.5. The van der Waals surface area contributed by atoms with Gasteiger partial charge >= 0.3 is 0 Å². The Kier molecular flexibility index (Phi) is 7.39. The molecule has 0 spiro atoms. The molecule has 11 rings (SSSR count). The van der Waals surface area contributed by atoms with Crippen LogP contribution < -0.4 is 4.90 Å². The number of para-hydroxylation sites is 2. The Bertz CT molecular complexity index is 3190. The van der Waals surface area contributed by atoms with E-state index in [4.69, 9.17) is 4.42 Å². The van der Waals surface area contributed by atoms with Gasteiger partial charge in [-0.1, -0.05) is 146 Å². The van der Waals surface area contributed by atoms with Crippen LogP contribution in [0.15, 0.2) is 205 Å². The van der Waals surface area contributed by atoms with Crippen LogP contribution in [0.25, 0.3) is 86.3 Å². The van der Waals surface area contributed by atoms with Crippen molar-refractivity contribution in [2.45, 2.75) is 0 Å². The van der Waals surface area contributed by atoms with Crippen LogP contribution in [0, 0.1) is 0 Å². The molecule has 0 aliphatic heterocycles. The molecule has 2 heterocycles. The summed E-state index contributed by atoms with van der Waals surface area (Å²) in [6.45, 7) is 0. The van der Waals surface area contributed by atoms with E-state index in [1.165, 1.54) is 53.2 Å². The summed E-state index contributed by atoms with van der Waals surface area (Å²) in [5.74, 6) is 0. The van der Waals surface area contributed by atoms with Gasteiger partial charge in [0.1, 0.15) is 11.2 Å². The molecule has 258 valence electrons. The Morgan fingerprint density at radius 1 is 0.382 bits per heavy atom. The molecule has 2 nitrogen and oxygen atoms in total. The molecule has 55 heavy (non-hydrogen) atoms. The predicted molar refractivity (Wildman–Crippen MR) is 235 cm³/mol. The lowest BCUT2D eigenvalue weighted by Crippen LogP contribution is -2.10. The van der Waals surface area contributed by atoms with E-state index in [9.17, 15) is 0 Å². The smallest absolute Gasteiger partial charge is 0.143 e. The molecule has 0 saturated heterocycles. The second kappa shape index (κ2) is 12.9. The summed E-state index contributed by atoms with van der Waals surface area (Å²) in [7, 11) is 0. The second-order valence-electron chi connectivity index (χ2n) is 14.1. The average Bonchev–Trinajstić information content (AvgIpc) is 3.84. The average molecular weight is 720 g/mol. The number of nitrogens with zero attached hydrogens (tertiary/aromatic N) is 1. The van der Waals surface area contributed by atoms with Crippen LogP contribution >= 0.6 is 11.3 Å². The minimum absolute atomic E-state index is 0.903. The summed E-state index contributed by atoms with van der Waals surface area (Å²) in [6, 6.07) is 72.0. The van der Waals surface area contributed by atoms with Gasteiger partial charge in [0.2, 0.25) is 0 Å². The van der Waals surface area contributed by atoms with Crippen LogP contribution in [0.1, 0.15) is 0 Å². The number of fused-ring (bicyclic) bond motifs is 8. The van der Waals surface area contributed by atoms with E-state index in [2.05, 4.69) is 193 Å². The van der Waals surface area contributed by atoms with Gasteiger partial charge in [0.15, 0.2) is 0 Å². The Hall–Kier alpha value is -6.94. The van der Waals surface area contributed by atoms with Gasteiger partial charge in [-0.15, -0.1) is 11.3 Å². The molecule has 0 saturated carbocycles. The molecule has 11 aromatic rings. The van der Waals surface area contributed by atoms with Gasteiger partial charge in [0.25, 0.3) is 0 Å². The summed E-state index contributed by atoms with van der Waals surface area (Å²) < 4.78 is 9.12. The zero-order valence-corrected chi connectivity index (χ0v) is 30.6. The van der Waals surface area contributed by atoms with Crippen molar-refractivity contribution in [3.8, 4) is 33.4 Å². The number of anilines is 3. The molecule has 0 bridgehead atoms. The van der Waals surface area contributed by atoms with Gasteiger partial charge in [-0.25, -0.2) is 0 Å². The van der Waals surface area contributed by atoms with Crippen LogP contribution in [0.4, 0.5) is 17.1 Å². The third-order valence-corrected chi connectivity index (χ3v) is 12.1. The zero-order valence-electron chi connectivity index (χ0n) is 29.8. The standard InChI is InChI=1S/C52H33NOS/c1-2-12-34(13-3-1)35-24-28-39(29-25-35)53(41-16-10-15-37(32-41)43-20-11-21-45-44-18-6-8-22-48(44)54-51(43)45)40-30-26-36(27-31-40)47-33-38-14-4-5-17-42(38)50-46-19-7-9-23-49(46)55-52(47)50/h1-33H. The molecule has 0 N–H and O–H groups in total. The fraction of sp³-hybridized carbons (Fsp3) is 0. The van der Waals surface area contributed by atoms with Crippen LogP contribution in [0.5, 0.6) is 0 Å². The number of rotatable bonds is 6. The van der Waals surface area contributed by atoms with Crippen LogP contribution in [-0.4, -0.2) is 0 Å². The van der Waals surface area contributed by atoms with Crippen molar-refractivity contribution in [1.29, 1.82) is 0 Å². The Balaban J connectivity index is 1.05. The molecule has 3 heteroatoms. The first kappa shape index (κ1) is 31.6. The molecular formula is C52H33NOS. The highest BCUT2D eigenvalue weighted by molar-refractivity contribution is 7.26. The molecule has 0 fully saturated rings. The maximum absolute atomic E-state index is 6.48. The lowest BCUT2D eigenvalue weighted by Gasteiger charge is -2.26. The van der Waals surface area contributed by atoms with E-state index >= 15 is 0 Å². The Morgan fingerprint density at radius 3 is 1.82 bits per heavy atom. The van der Waals surface area contributed by atoms with Gasteiger partial charge in [-0.3, -0.25) is 0 Å². The third-order valence-electron chi connectivity index (χ3n) is 10.9. The minimum Gasteiger partial charge on any atom is -0.455 e. The third kappa shape index (κ3) is 5.32. The quantitative estimate of drug-likeness (QED) is 0.170. The summed E-state index contributed by atoms with van der Waals surface area (Å²) >= 11 is 1.88. The molecule has 2 aromatic heterocycles. The molecule has 0 unspecified atom stereocenters. The van der Waals surface area contributed by atoms with E-state index in [0.717, 1.165) is 50.1 Å². The molecule has 0 aliphatic carbocycles. The van der Waals surface area contributed by atoms with Gasteiger partial charge in [-0.05, 0) is 87.6 Å². The first-order valence-electron chi connectivity index (χ1n) is 18.7. The monoisotopic (exact) mass is 719 g/mol. The van der Waals surface area contributed by atoms with Crippen molar-refractivity contribution in [1.82, 2.24) is 0 Å². The Labute approximate surface area is 322 Å². The normalized spacial score (nSPS) is 11.6. The van der Waals surface area contributed by atoms with Crippen molar-refractivity contribution >= 4 is 81.3 Å². The summed E-state index contributed by atoms with van der Waals surface area (Å²) in [5, 5.41) is 7.49. The maximum Gasteiger partial charge on any atom is 0.143 e. The fourth-order valence-corrected chi connectivity index (χ4v) is 9.50. The van der Waals surface area contributed by atoms with E-state index in [1.54, 1.807) is 0 Å². The summed E-state index contributed by atoms with van der Waals surface area (Å²) in [5.41, 5.74) is 12.1. The van der Waals surface area contributed by atoms with Gasteiger partial charge in [0.05, 0.1) is 0 Å². The van der Waals surface area contributed by atoms with Crippen LogP contribution in [0.2, 0.25) is 0 Å².